The zero-order valence-electron chi connectivity index (χ0n) is 50.5. The molecule has 2 aromatic carbocycles. The van der Waals surface area contributed by atoms with Crippen LogP contribution in [0.25, 0.3) is 21.3 Å². The highest BCUT2D eigenvalue weighted by Gasteiger charge is 2.44. The zero-order valence-corrected chi connectivity index (χ0v) is 51.3. The van der Waals surface area contributed by atoms with Crippen LogP contribution in [0.3, 0.4) is 0 Å². The minimum Gasteiger partial charge on any atom is -0.493 e. The summed E-state index contributed by atoms with van der Waals surface area (Å²) in [4.78, 5) is 77.0. The highest BCUT2D eigenvalue weighted by atomic mass is 32.1. The van der Waals surface area contributed by atoms with Gasteiger partial charge in [-0.2, -0.15) is 4.98 Å². The molecular formula is C63H93F2N11O7S. The molecule has 0 saturated carbocycles. The molecule has 4 amide bonds. The minimum atomic E-state index is -2.68. The molecule has 4 fully saturated rings. The number of aliphatic hydroxyl groups excluding tert-OH is 1. The van der Waals surface area contributed by atoms with Crippen LogP contribution in [0.15, 0.2) is 41.9 Å². The number of aliphatic hydroxyl groups is 1. The average molecular weight is 1190 g/mol. The summed E-state index contributed by atoms with van der Waals surface area (Å²) in [5.41, 5.74) is 4.82. The Morgan fingerprint density at radius 2 is 1.48 bits per heavy atom. The van der Waals surface area contributed by atoms with Crippen LogP contribution in [-0.2, 0) is 25.7 Å². The molecular weight excluding hydrogens is 1090 g/mol. The van der Waals surface area contributed by atoms with E-state index in [9.17, 15) is 33.1 Å². The van der Waals surface area contributed by atoms with Crippen LogP contribution in [-0.4, -0.2) is 168 Å². The number of nitrogens with zero attached hydrogens (tertiary/aromatic N) is 7. The number of benzene rings is 2. The molecule has 18 nitrogen and oxygen atoms in total. The molecule has 4 saturated heterocycles. The maximum atomic E-state index is 14.2. The number of rotatable bonds is 30. The van der Waals surface area contributed by atoms with Gasteiger partial charge in [-0.1, -0.05) is 83.6 Å². The molecule has 0 radical (unpaired) electrons. The Morgan fingerprint density at radius 1 is 0.810 bits per heavy atom. The number of β-amino-alcohol motifs (C(OH)–C–C–N with tert-alkyl or cyclic N) is 1. The van der Waals surface area contributed by atoms with Gasteiger partial charge in [-0.05, 0) is 101 Å². The third-order valence-electron chi connectivity index (χ3n) is 17.0. The normalized spacial score (nSPS) is 19.1. The fourth-order valence-electron chi connectivity index (χ4n) is 11.9. The van der Waals surface area contributed by atoms with Crippen molar-refractivity contribution in [1.29, 1.82) is 0 Å². The van der Waals surface area contributed by atoms with E-state index in [-0.39, 0.29) is 75.1 Å². The zero-order chi connectivity index (χ0) is 59.6. The van der Waals surface area contributed by atoms with E-state index in [4.69, 9.17) is 19.4 Å². The number of thiazole rings is 1. The van der Waals surface area contributed by atoms with Crippen molar-refractivity contribution in [3.63, 3.8) is 0 Å². The Hall–Kier alpha value is -5.77. The molecule has 6 heterocycles. The van der Waals surface area contributed by atoms with Gasteiger partial charge in [-0.15, -0.1) is 11.3 Å². The maximum absolute atomic E-state index is 14.2. The number of amides is 4. The lowest BCUT2D eigenvalue weighted by atomic mass is 9.85. The number of fused-ring (bicyclic) bond motifs is 1. The van der Waals surface area contributed by atoms with Gasteiger partial charge in [0.1, 0.15) is 17.9 Å². The van der Waals surface area contributed by atoms with Crippen LogP contribution in [0.4, 0.5) is 20.5 Å². The summed E-state index contributed by atoms with van der Waals surface area (Å²) in [5.74, 6) is -1.19. The summed E-state index contributed by atoms with van der Waals surface area (Å²) in [6.07, 6.45) is 13.4. The number of anilines is 2. The van der Waals surface area contributed by atoms with Crippen molar-refractivity contribution < 1.29 is 42.5 Å². The van der Waals surface area contributed by atoms with Crippen molar-refractivity contribution in [3.05, 3.63) is 53.2 Å². The van der Waals surface area contributed by atoms with Crippen molar-refractivity contribution in [2.45, 2.75) is 186 Å². The number of alkyl halides is 2. The molecule has 5 N–H and O–H groups in total. The van der Waals surface area contributed by atoms with Gasteiger partial charge in [-0.25, -0.2) is 18.7 Å². The lowest BCUT2D eigenvalue weighted by Gasteiger charge is -2.35. The van der Waals surface area contributed by atoms with Crippen molar-refractivity contribution >= 4 is 57.6 Å². The topological polar surface area (TPSA) is 207 Å². The van der Waals surface area contributed by atoms with E-state index >= 15 is 0 Å². The largest absolute Gasteiger partial charge is 0.493 e. The second-order valence-electron chi connectivity index (χ2n) is 24.7. The number of piperidine rings is 2. The van der Waals surface area contributed by atoms with E-state index in [2.05, 4.69) is 36.1 Å². The standard InChI is InChI=1S/C63H93F2N11O7S/c1-44-56(84-43-68-44)46-22-20-45(21-23-46)41-67-59(80)51-38-48(77)42-76(51)60(81)57(62(2,3)4)71-55(79)18-12-10-8-6-7-9-11-13-28-66-54(78)19-16-31-74-33-24-47(25-34-74)69-58-49-39-52(82-5)53(83-37-17-32-73-29-14-15-30-73)40-50(49)70-61(72-58)75-35-26-63(64,65)27-36-75/h20-23,39-40,43,47-48,51,57,77H,6-19,24-38,41-42H2,1-5H3,(H,66,78)(H,67,80)(H,71,79)(H,69,70,72)/t48-,51+,57-/m1/s1. The highest BCUT2D eigenvalue weighted by Crippen LogP contribution is 2.38. The number of unbranched alkanes of at least 4 members (excludes halogenated alkanes) is 7. The maximum Gasteiger partial charge on any atom is 0.251 e. The molecule has 21 heteroatoms. The molecule has 462 valence electrons. The lowest BCUT2D eigenvalue weighted by molar-refractivity contribution is -0.144. The van der Waals surface area contributed by atoms with Crippen molar-refractivity contribution in [1.82, 2.24) is 45.6 Å². The molecule has 4 aliphatic rings. The van der Waals surface area contributed by atoms with Crippen LogP contribution in [0, 0.1) is 12.3 Å². The van der Waals surface area contributed by atoms with E-state index in [0.29, 0.717) is 61.2 Å². The SMILES string of the molecule is COc1cc2c(NC3CCN(CCCC(=O)NCCCCCCCCCCC(=O)N[C@H](C(=O)N4C[C@H](O)C[C@H]4C(=O)NCc4ccc(-c5scnc5C)cc4)C(C)(C)C)CC3)nc(N3CCC(F)(F)CC3)nc2cc1OCCCN1CCCC1. The van der Waals surface area contributed by atoms with E-state index in [1.165, 1.54) is 17.7 Å². The fraction of sp³-hybridized carbons (Fsp3) is 0.667. The third-order valence-corrected chi connectivity index (χ3v) is 18.0. The number of likely N-dealkylation sites (tertiary alicyclic amines) is 3. The van der Waals surface area contributed by atoms with E-state index in [0.717, 1.165) is 137 Å². The molecule has 0 unspecified atom stereocenters. The number of ether oxygens (including phenoxy) is 2. The number of nitrogens with one attached hydrogen (secondary N) is 4. The van der Waals surface area contributed by atoms with Crippen LogP contribution >= 0.6 is 11.3 Å². The summed E-state index contributed by atoms with van der Waals surface area (Å²) in [7, 11) is 1.63. The first kappa shape index (κ1) is 64.2. The van der Waals surface area contributed by atoms with Gasteiger partial charge in [0, 0.05) is 102 Å². The Kier molecular flexibility index (Phi) is 23.7. The fourth-order valence-corrected chi connectivity index (χ4v) is 12.7. The second kappa shape index (κ2) is 31.0. The summed E-state index contributed by atoms with van der Waals surface area (Å²) in [5, 5.41) is 24.2. The molecule has 3 atom stereocenters. The number of aryl methyl sites for hydroxylation is 1. The first-order chi connectivity index (χ1) is 40.4. The monoisotopic (exact) mass is 1190 g/mol. The molecule has 84 heavy (non-hydrogen) atoms. The van der Waals surface area contributed by atoms with Gasteiger partial charge in [0.15, 0.2) is 11.5 Å². The lowest BCUT2D eigenvalue weighted by Crippen LogP contribution is -2.57. The first-order valence-corrected chi connectivity index (χ1v) is 32.0. The van der Waals surface area contributed by atoms with Gasteiger partial charge in [0.25, 0.3) is 5.92 Å². The van der Waals surface area contributed by atoms with E-state index in [1.807, 2.05) is 74.5 Å². The average Bonchev–Trinajstić information content (AvgIpc) is 2.61. The summed E-state index contributed by atoms with van der Waals surface area (Å²) >= 11 is 1.58. The molecule has 0 aliphatic carbocycles. The van der Waals surface area contributed by atoms with Crippen LogP contribution < -0.4 is 35.6 Å². The molecule has 0 bridgehead atoms. The van der Waals surface area contributed by atoms with E-state index < -0.39 is 29.5 Å². The Morgan fingerprint density at radius 3 is 2.15 bits per heavy atom. The number of halogens is 2. The molecule has 4 aromatic rings. The van der Waals surface area contributed by atoms with Crippen LogP contribution in [0.5, 0.6) is 11.5 Å². The van der Waals surface area contributed by atoms with Gasteiger partial charge < -0.3 is 55.4 Å². The van der Waals surface area contributed by atoms with Gasteiger partial charge in [-0.3, -0.25) is 19.2 Å². The number of hydrogen-bond donors (Lipinski definition) is 5. The number of aromatic nitrogens is 3. The van der Waals surface area contributed by atoms with Crippen molar-refractivity contribution in [2.75, 3.05) is 89.4 Å². The Balaban J connectivity index is 0.670. The summed E-state index contributed by atoms with van der Waals surface area (Å²) in [6, 6.07) is 10.2. The molecule has 4 aliphatic heterocycles. The molecule has 2 aromatic heterocycles. The Labute approximate surface area is 500 Å². The smallest absolute Gasteiger partial charge is 0.251 e. The minimum absolute atomic E-state index is 0.0278. The molecule has 8 rings (SSSR count). The number of methoxy groups -OCH3 is 1. The molecule has 0 spiro atoms. The van der Waals surface area contributed by atoms with Gasteiger partial charge >= 0.3 is 0 Å². The van der Waals surface area contributed by atoms with Crippen LogP contribution in [0.2, 0.25) is 0 Å². The van der Waals surface area contributed by atoms with Crippen molar-refractivity contribution in [3.8, 4) is 21.9 Å². The summed E-state index contributed by atoms with van der Waals surface area (Å²) < 4.78 is 40.4. The van der Waals surface area contributed by atoms with Crippen LogP contribution in [0.1, 0.15) is 154 Å². The number of carbonyl (C=O) groups excluding carboxylic acids is 4. The van der Waals surface area contributed by atoms with Gasteiger partial charge in [0.05, 0.1) is 41.4 Å². The highest BCUT2D eigenvalue weighted by molar-refractivity contribution is 7.13. The predicted molar refractivity (Wildman–Crippen MR) is 327 cm³/mol. The Bertz CT molecular complexity index is 2760. The van der Waals surface area contributed by atoms with Gasteiger partial charge in [0.2, 0.25) is 29.6 Å². The summed E-state index contributed by atoms with van der Waals surface area (Å²) in [6.45, 7) is 15.4. The quantitative estimate of drug-likeness (QED) is 0.0309. The predicted octanol–water partition coefficient (Wildman–Crippen LogP) is 9.26. The second-order valence-corrected chi connectivity index (χ2v) is 25.6. The first-order valence-electron chi connectivity index (χ1n) is 31.1. The van der Waals surface area contributed by atoms with E-state index in [1.54, 1.807) is 18.4 Å². The third kappa shape index (κ3) is 18.9. The number of hydrogen-bond acceptors (Lipinski definition) is 15. The van der Waals surface area contributed by atoms with Crippen molar-refractivity contribution in [2.24, 2.45) is 5.41 Å². The number of carbonyl (C=O) groups is 4.